The van der Waals surface area contributed by atoms with Crippen molar-refractivity contribution < 1.29 is 0 Å². The molecule has 0 saturated heterocycles. The van der Waals surface area contributed by atoms with Crippen molar-refractivity contribution in [3.63, 3.8) is 0 Å². The second kappa shape index (κ2) is 5.20. The fourth-order valence-corrected chi connectivity index (χ4v) is 1.29. The molecule has 0 radical (unpaired) electrons. The molecule has 0 heterocycles. The molecule has 2 heteroatoms. The van der Waals surface area contributed by atoms with E-state index in [9.17, 15) is 0 Å². The van der Waals surface area contributed by atoms with Crippen molar-refractivity contribution in [1.82, 2.24) is 5.32 Å². The van der Waals surface area contributed by atoms with E-state index in [2.05, 4.69) is 59.0 Å². The topological polar surface area (TPSA) is 12.0 Å². The molecule has 0 fully saturated rings. The SMILES string of the molecule is C=C(Br)CN[C@@H](C)c1ccccc1. The minimum Gasteiger partial charge on any atom is -0.306 e. The third-order valence-corrected chi connectivity index (χ3v) is 2.18. The van der Waals surface area contributed by atoms with Crippen LogP contribution in [-0.2, 0) is 0 Å². The number of hydrogen-bond donors (Lipinski definition) is 1. The Morgan fingerprint density at radius 1 is 1.46 bits per heavy atom. The van der Waals surface area contributed by atoms with Crippen LogP contribution in [0.4, 0.5) is 0 Å². The summed E-state index contributed by atoms with van der Waals surface area (Å²) in [5.74, 6) is 0. The normalized spacial score (nSPS) is 12.5. The number of nitrogens with one attached hydrogen (secondary N) is 1. The summed E-state index contributed by atoms with van der Waals surface area (Å²) in [7, 11) is 0. The van der Waals surface area contributed by atoms with Gasteiger partial charge in [-0.2, -0.15) is 0 Å². The van der Waals surface area contributed by atoms with Crippen LogP contribution in [-0.4, -0.2) is 6.54 Å². The van der Waals surface area contributed by atoms with Gasteiger partial charge in [0.1, 0.15) is 0 Å². The van der Waals surface area contributed by atoms with Crippen LogP contribution in [0, 0.1) is 0 Å². The maximum absolute atomic E-state index is 3.77. The molecule has 0 aliphatic heterocycles. The highest BCUT2D eigenvalue weighted by molar-refractivity contribution is 9.11. The molecule has 1 N–H and O–H groups in total. The van der Waals surface area contributed by atoms with Crippen molar-refractivity contribution in [1.29, 1.82) is 0 Å². The van der Waals surface area contributed by atoms with Gasteiger partial charge in [-0.05, 0) is 12.5 Å². The first-order chi connectivity index (χ1) is 6.20. The van der Waals surface area contributed by atoms with Crippen molar-refractivity contribution >= 4 is 15.9 Å². The Morgan fingerprint density at radius 2 is 2.08 bits per heavy atom. The van der Waals surface area contributed by atoms with Gasteiger partial charge in [0.2, 0.25) is 0 Å². The highest BCUT2D eigenvalue weighted by atomic mass is 79.9. The Morgan fingerprint density at radius 3 is 2.62 bits per heavy atom. The predicted octanol–water partition coefficient (Wildman–Crippen LogP) is 3.25. The first-order valence-corrected chi connectivity index (χ1v) is 5.11. The van der Waals surface area contributed by atoms with Crippen molar-refractivity contribution in [3.05, 3.63) is 47.0 Å². The van der Waals surface area contributed by atoms with Crippen LogP contribution in [0.3, 0.4) is 0 Å². The quantitative estimate of drug-likeness (QED) is 0.851. The van der Waals surface area contributed by atoms with Gasteiger partial charge in [-0.1, -0.05) is 52.8 Å². The molecule has 1 nitrogen and oxygen atoms in total. The van der Waals surface area contributed by atoms with Crippen molar-refractivity contribution in [3.8, 4) is 0 Å². The largest absolute Gasteiger partial charge is 0.306 e. The second-order valence-electron chi connectivity index (χ2n) is 3.03. The number of rotatable bonds is 4. The molecule has 0 unspecified atom stereocenters. The summed E-state index contributed by atoms with van der Waals surface area (Å²) in [6, 6.07) is 10.7. The number of benzene rings is 1. The van der Waals surface area contributed by atoms with E-state index in [-0.39, 0.29) is 0 Å². The van der Waals surface area contributed by atoms with Crippen LogP contribution >= 0.6 is 15.9 Å². The van der Waals surface area contributed by atoms with E-state index < -0.39 is 0 Å². The van der Waals surface area contributed by atoms with E-state index >= 15 is 0 Å². The zero-order valence-corrected chi connectivity index (χ0v) is 9.34. The minimum absolute atomic E-state index is 0.371. The van der Waals surface area contributed by atoms with Gasteiger partial charge in [0.15, 0.2) is 0 Å². The number of halogens is 1. The molecular formula is C11H14BrN. The fraction of sp³-hybridized carbons (Fsp3) is 0.273. The van der Waals surface area contributed by atoms with E-state index in [1.54, 1.807) is 0 Å². The summed E-state index contributed by atoms with van der Waals surface area (Å²) < 4.78 is 0.982. The standard InChI is InChI=1S/C11H14BrN/c1-9(12)8-13-10(2)11-6-4-3-5-7-11/h3-7,10,13H,1,8H2,2H3/t10-/m0/s1. The van der Waals surface area contributed by atoms with Gasteiger partial charge in [-0.25, -0.2) is 0 Å². The van der Waals surface area contributed by atoms with Gasteiger partial charge >= 0.3 is 0 Å². The van der Waals surface area contributed by atoms with Gasteiger partial charge in [-0.3, -0.25) is 0 Å². The minimum atomic E-state index is 0.371. The summed E-state index contributed by atoms with van der Waals surface area (Å²) in [6.07, 6.45) is 0. The predicted molar refractivity (Wildman–Crippen MR) is 60.9 cm³/mol. The van der Waals surface area contributed by atoms with Crippen LogP contribution in [0.2, 0.25) is 0 Å². The lowest BCUT2D eigenvalue weighted by atomic mass is 10.1. The van der Waals surface area contributed by atoms with E-state index in [0.717, 1.165) is 11.0 Å². The molecule has 0 amide bonds. The molecule has 0 saturated carbocycles. The van der Waals surface area contributed by atoms with E-state index in [1.807, 2.05) is 6.07 Å². The van der Waals surface area contributed by atoms with Crippen molar-refractivity contribution in [2.75, 3.05) is 6.54 Å². The summed E-state index contributed by atoms with van der Waals surface area (Å²) in [6.45, 7) is 6.72. The highest BCUT2D eigenvalue weighted by Crippen LogP contribution is 2.11. The Kier molecular flexibility index (Phi) is 4.19. The molecule has 70 valence electrons. The van der Waals surface area contributed by atoms with Crippen molar-refractivity contribution in [2.24, 2.45) is 0 Å². The average Bonchev–Trinajstić information content (AvgIpc) is 2.15. The van der Waals surface area contributed by atoms with Crippen LogP contribution in [0.25, 0.3) is 0 Å². The Balaban J connectivity index is 2.49. The lowest BCUT2D eigenvalue weighted by Crippen LogP contribution is -2.19. The Bertz CT molecular complexity index is 269. The third kappa shape index (κ3) is 3.75. The molecule has 0 aliphatic carbocycles. The summed E-state index contributed by atoms with van der Waals surface area (Å²) in [5.41, 5.74) is 1.30. The monoisotopic (exact) mass is 239 g/mol. The highest BCUT2D eigenvalue weighted by Gasteiger charge is 2.02. The van der Waals surface area contributed by atoms with Crippen LogP contribution < -0.4 is 5.32 Å². The molecule has 1 rings (SSSR count). The summed E-state index contributed by atoms with van der Waals surface area (Å²) in [5, 5.41) is 3.35. The van der Waals surface area contributed by atoms with Gasteiger partial charge < -0.3 is 5.32 Å². The first kappa shape index (κ1) is 10.5. The van der Waals surface area contributed by atoms with E-state index in [0.29, 0.717) is 6.04 Å². The van der Waals surface area contributed by atoms with Gasteiger partial charge in [0, 0.05) is 17.1 Å². The summed E-state index contributed by atoms with van der Waals surface area (Å²) >= 11 is 3.32. The zero-order valence-electron chi connectivity index (χ0n) is 7.76. The first-order valence-electron chi connectivity index (χ1n) is 4.32. The summed E-state index contributed by atoms with van der Waals surface area (Å²) in [4.78, 5) is 0. The lowest BCUT2D eigenvalue weighted by molar-refractivity contribution is 0.616. The van der Waals surface area contributed by atoms with Crippen LogP contribution in [0.1, 0.15) is 18.5 Å². The van der Waals surface area contributed by atoms with Gasteiger partial charge in [-0.15, -0.1) is 0 Å². The Labute approximate surface area is 88.0 Å². The average molecular weight is 240 g/mol. The second-order valence-corrected chi connectivity index (χ2v) is 4.15. The number of hydrogen-bond acceptors (Lipinski definition) is 1. The van der Waals surface area contributed by atoms with Crippen LogP contribution in [0.15, 0.2) is 41.4 Å². The van der Waals surface area contributed by atoms with E-state index in [1.165, 1.54) is 5.56 Å². The molecule has 0 bridgehead atoms. The maximum atomic E-state index is 3.77. The van der Waals surface area contributed by atoms with Crippen molar-refractivity contribution in [2.45, 2.75) is 13.0 Å². The molecule has 0 spiro atoms. The molecule has 1 aromatic carbocycles. The molecule has 1 atom stereocenters. The van der Waals surface area contributed by atoms with E-state index in [4.69, 9.17) is 0 Å². The smallest absolute Gasteiger partial charge is 0.0295 e. The molecule has 0 aromatic heterocycles. The lowest BCUT2D eigenvalue weighted by Gasteiger charge is -2.13. The maximum Gasteiger partial charge on any atom is 0.0295 e. The zero-order chi connectivity index (χ0) is 9.68. The molecule has 0 aliphatic rings. The molecule has 1 aromatic rings. The van der Waals surface area contributed by atoms with Gasteiger partial charge in [0.05, 0.1) is 0 Å². The molecular weight excluding hydrogens is 226 g/mol. The molecule has 13 heavy (non-hydrogen) atoms. The fourth-order valence-electron chi connectivity index (χ4n) is 1.12. The van der Waals surface area contributed by atoms with Gasteiger partial charge in [0.25, 0.3) is 0 Å². The van der Waals surface area contributed by atoms with Crippen LogP contribution in [0.5, 0.6) is 0 Å². The third-order valence-electron chi connectivity index (χ3n) is 1.90. The Hall–Kier alpha value is -0.600.